The first kappa shape index (κ1) is 9.74. The summed E-state index contributed by atoms with van der Waals surface area (Å²) >= 11 is 0. The maximum Gasteiger partial charge on any atom is 0.312 e. The van der Waals surface area contributed by atoms with Crippen molar-refractivity contribution in [2.75, 3.05) is 6.54 Å². The molecule has 0 heterocycles. The van der Waals surface area contributed by atoms with E-state index in [1.807, 2.05) is 19.1 Å². The molecule has 1 aromatic carbocycles. The Kier molecular flexibility index (Phi) is 3.03. The number of aryl methyl sites for hydroxylation is 1. The van der Waals surface area contributed by atoms with Gasteiger partial charge in [-0.2, -0.15) is 0 Å². The zero-order chi connectivity index (χ0) is 9.84. The molecule has 0 spiro atoms. The zero-order valence-electron chi connectivity index (χ0n) is 7.53. The molecule has 3 N–H and O–H groups in total. The van der Waals surface area contributed by atoms with Crippen molar-refractivity contribution in [1.82, 2.24) is 0 Å². The second-order valence-electron chi connectivity index (χ2n) is 3.04. The summed E-state index contributed by atoms with van der Waals surface area (Å²) in [6.07, 6.45) is 0. The van der Waals surface area contributed by atoms with E-state index in [9.17, 15) is 4.79 Å². The predicted octanol–water partition coefficient (Wildman–Crippen LogP) is 1.12. The first-order chi connectivity index (χ1) is 6.15. The van der Waals surface area contributed by atoms with Gasteiger partial charge in [0.15, 0.2) is 0 Å². The minimum Gasteiger partial charge on any atom is -0.481 e. The van der Waals surface area contributed by atoms with Crippen molar-refractivity contribution in [2.45, 2.75) is 12.8 Å². The first-order valence-electron chi connectivity index (χ1n) is 4.14. The lowest BCUT2D eigenvalue weighted by Gasteiger charge is -2.09. The summed E-state index contributed by atoms with van der Waals surface area (Å²) in [5, 5.41) is 8.82. The van der Waals surface area contributed by atoms with E-state index in [1.54, 1.807) is 12.1 Å². The minimum atomic E-state index is -0.869. The van der Waals surface area contributed by atoms with Crippen molar-refractivity contribution in [2.24, 2.45) is 5.73 Å². The third kappa shape index (κ3) is 2.29. The van der Waals surface area contributed by atoms with Crippen molar-refractivity contribution < 1.29 is 9.90 Å². The molecule has 3 heteroatoms. The molecule has 0 aromatic heterocycles. The molecule has 70 valence electrons. The smallest absolute Gasteiger partial charge is 0.312 e. The Balaban J connectivity index is 2.92. The van der Waals surface area contributed by atoms with Crippen molar-refractivity contribution in [3.05, 3.63) is 35.4 Å². The summed E-state index contributed by atoms with van der Waals surface area (Å²) in [7, 11) is 0. The highest BCUT2D eigenvalue weighted by molar-refractivity contribution is 5.76. The van der Waals surface area contributed by atoms with Crippen LogP contribution in [0.1, 0.15) is 17.0 Å². The SMILES string of the molecule is Cc1ccc(C(CN)C(=O)O)cc1. The van der Waals surface area contributed by atoms with Gasteiger partial charge in [-0.05, 0) is 12.5 Å². The molecular weight excluding hydrogens is 166 g/mol. The van der Waals surface area contributed by atoms with Gasteiger partial charge in [0.1, 0.15) is 0 Å². The molecule has 0 aliphatic heterocycles. The number of carboxylic acid groups (broad SMARTS) is 1. The molecule has 0 aliphatic rings. The van der Waals surface area contributed by atoms with Crippen LogP contribution >= 0.6 is 0 Å². The molecule has 13 heavy (non-hydrogen) atoms. The Labute approximate surface area is 77.2 Å². The number of carbonyl (C=O) groups is 1. The summed E-state index contributed by atoms with van der Waals surface area (Å²) < 4.78 is 0. The summed E-state index contributed by atoms with van der Waals surface area (Å²) in [4.78, 5) is 10.7. The maximum atomic E-state index is 10.7. The second-order valence-corrected chi connectivity index (χ2v) is 3.04. The Hall–Kier alpha value is -1.35. The Morgan fingerprint density at radius 1 is 1.46 bits per heavy atom. The number of benzene rings is 1. The first-order valence-corrected chi connectivity index (χ1v) is 4.14. The number of nitrogens with two attached hydrogens (primary N) is 1. The Morgan fingerprint density at radius 3 is 2.38 bits per heavy atom. The fraction of sp³-hybridized carbons (Fsp3) is 0.300. The molecule has 1 atom stereocenters. The van der Waals surface area contributed by atoms with E-state index in [0.29, 0.717) is 0 Å². The van der Waals surface area contributed by atoms with E-state index in [1.165, 1.54) is 0 Å². The largest absolute Gasteiger partial charge is 0.481 e. The van der Waals surface area contributed by atoms with Crippen LogP contribution in [-0.4, -0.2) is 17.6 Å². The van der Waals surface area contributed by atoms with E-state index in [-0.39, 0.29) is 6.54 Å². The molecule has 0 amide bonds. The maximum absolute atomic E-state index is 10.7. The van der Waals surface area contributed by atoms with Gasteiger partial charge >= 0.3 is 5.97 Å². The van der Waals surface area contributed by atoms with Crippen LogP contribution in [0.15, 0.2) is 24.3 Å². The number of hydrogen-bond donors (Lipinski definition) is 2. The zero-order valence-corrected chi connectivity index (χ0v) is 7.53. The van der Waals surface area contributed by atoms with Gasteiger partial charge in [-0.15, -0.1) is 0 Å². The third-order valence-corrected chi connectivity index (χ3v) is 2.01. The lowest BCUT2D eigenvalue weighted by molar-refractivity contribution is -0.138. The lowest BCUT2D eigenvalue weighted by atomic mass is 9.99. The van der Waals surface area contributed by atoms with Crippen LogP contribution in [0.25, 0.3) is 0 Å². The van der Waals surface area contributed by atoms with Crippen LogP contribution in [0.3, 0.4) is 0 Å². The summed E-state index contributed by atoms with van der Waals surface area (Å²) in [6.45, 7) is 2.10. The average Bonchev–Trinajstić information content (AvgIpc) is 2.09. The monoisotopic (exact) mass is 179 g/mol. The quantitative estimate of drug-likeness (QED) is 0.730. The van der Waals surface area contributed by atoms with E-state index >= 15 is 0 Å². The predicted molar refractivity (Wildman–Crippen MR) is 50.6 cm³/mol. The van der Waals surface area contributed by atoms with Gasteiger partial charge in [-0.1, -0.05) is 29.8 Å². The third-order valence-electron chi connectivity index (χ3n) is 2.01. The van der Waals surface area contributed by atoms with Gasteiger partial charge in [0.05, 0.1) is 5.92 Å². The standard InChI is InChI=1S/C10H13NO2/c1-7-2-4-8(5-3-7)9(6-11)10(12)13/h2-5,9H,6,11H2,1H3,(H,12,13). The van der Waals surface area contributed by atoms with Crippen LogP contribution < -0.4 is 5.73 Å². The minimum absolute atomic E-state index is 0.137. The molecular formula is C10H13NO2. The van der Waals surface area contributed by atoms with Crippen molar-refractivity contribution >= 4 is 5.97 Å². The molecule has 0 radical (unpaired) electrons. The normalized spacial score (nSPS) is 12.5. The summed E-state index contributed by atoms with van der Waals surface area (Å²) in [5.41, 5.74) is 7.24. The van der Waals surface area contributed by atoms with Gasteiger partial charge in [0, 0.05) is 6.54 Å². The van der Waals surface area contributed by atoms with Gasteiger partial charge in [0.25, 0.3) is 0 Å². The Bertz CT molecular complexity index is 292. The van der Waals surface area contributed by atoms with Crippen LogP contribution in [-0.2, 0) is 4.79 Å². The van der Waals surface area contributed by atoms with E-state index in [4.69, 9.17) is 10.8 Å². The number of rotatable bonds is 3. The highest BCUT2D eigenvalue weighted by atomic mass is 16.4. The fourth-order valence-corrected chi connectivity index (χ4v) is 1.18. The van der Waals surface area contributed by atoms with Gasteiger partial charge < -0.3 is 10.8 Å². The number of hydrogen-bond acceptors (Lipinski definition) is 2. The molecule has 3 nitrogen and oxygen atoms in total. The highest BCUT2D eigenvalue weighted by Gasteiger charge is 2.16. The molecule has 0 saturated heterocycles. The topological polar surface area (TPSA) is 63.3 Å². The van der Waals surface area contributed by atoms with Gasteiger partial charge in [-0.3, -0.25) is 4.79 Å². The van der Waals surface area contributed by atoms with Gasteiger partial charge in [-0.25, -0.2) is 0 Å². The number of carboxylic acids is 1. The summed E-state index contributed by atoms with van der Waals surface area (Å²) in [6, 6.07) is 7.39. The van der Waals surface area contributed by atoms with Crippen molar-refractivity contribution in [1.29, 1.82) is 0 Å². The average molecular weight is 179 g/mol. The van der Waals surface area contributed by atoms with Crippen LogP contribution in [0.2, 0.25) is 0 Å². The van der Waals surface area contributed by atoms with Crippen LogP contribution in [0.4, 0.5) is 0 Å². The molecule has 1 unspecified atom stereocenters. The molecule has 0 aliphatic carbocycles. The molecule has 1 aromatic rings. The summed E-state index contributed by atoms with van der Waals surface area (Å²) in [5.74, 6) is -1.45. The molecule has 0 saturated carbocycles. The van der Waals surface area contributed by atoms with Gasteiger partial charge in [0.2, 0.25) is 0 Å². The molecule has 0 bridgehead atoms. The van der Waals surface area contributed by atoms with Crippen molar-refractivity contribution in [3.8, 4) is 0 Å². The highest BCUT2D eigenvalue weighted by Crippen LogP contribution is 2.15. The Morgan fingerprint density at radius 2 is 2.00 bits per heavy atom. The van der Waals surface area contributed by atoms with Crippen LogP contribution in [0.5, 0.6) is 0 Å². The number of aliphatic carboxylic acids is 1. The van der Waals surface area contributed by atoms with E-state index in [2.05, 4.69) is 0 Å². The van der Waals surface area contributed by atoms with Crippen molar-refractivity contribution in [3.63, 3.8) is 0 Å². The fourth-order valence-electron chi connectivity index (χ4n) is 1.18. The van der Waals surface area contributed by atoms with Crippen LogP contribution in [0, 0.1) is 6.92 Å². The molecule has 1 rings (SSSR count). The second kappa shape index (κ2) is 4.05. The van der Waals surface area contributed by atoms with E-state index < -0.39 is 11.9 Å². The molecule has 0 fully saturated rings. The van der Waals surface area contributed by atoms with E-state index in [0.717, 1.165) is 11.1 Å². The lowest BCUT2D eigenvalue weighted by Crippen LogP contribution is -2.20.